The Kier molecular flexibility index (Phi) is 5.68. The highest BCUT2D eigenvalue weighted by molar-refractivity contribution is 9.10. The predicted octanol–water partition coefficient (Wildman–Crippen LogP) is 5.19. The molecule has 1 nitrogen and oxygen atoms in total. The van der Waals surface area contributed by atoms with Crippen LogP contribution >= 0.6 is 15.9 Å². The number of hydrogen-bond donors (Lipinski definition) is 1. The summed E-state index contributed by atoms with van der Waals surface area (Å²) in [5.74, 6) is 1.66. The normalized spacial score (nSPS) is 18.4. The highest BCUT2D eigenvalue weighted by Crippen LogP contribution is 2.34. The van der Waals surface area contributed by atoms with Crippen molar-refractivity contribution in [3.05, 3.63) is 34.3 Å². The molecule has 1 atom stereocenters. The Hall–Kier alpha value is -0.340. The molecule has 1 N–H and O–H groups in total. The summed E-state index contributed by atoms with van der Waals surface area (Å²) in [4.78, 5) is 0. The number of benzene rings is 1. The van der Waals surface area contributed by atoms with Crippen LogP contribution in [0.2, 0.25) is 0 Å². The van der Waals surface area contributed by atoms with Crippen molar-refractivity contribution in [1.82, 2.24) is 5.32 Å². The van der Waals surface area contributed by atoms with Crippen molar-refractivity contribution in [3.63, 3.8) is 0 Å². The third-order valence-corrected chi connectivity index (χ3v) is 5.17. The van der Waals surface area contributed by atoms with Gasteiger partial charge in [0.2, 0.25) is 0 Å². The minimum Gasteiger partial charge on any atom is -0.312 e. The summed E-state index contributed by atoms with van der Waals surface area (Å²) in [7, 11) is 0. The molecule has 1 saturated carbocycles. The first kappa shape index (κ1) is 16.0. The van der Waals surface area contributed by atoms with E-state index in [0.717, 1.165) is 18.4 Å². The maximum atomic E-state index is 3.72. The molecular formula is C18H28BrN. The van der Waals surface area contributed by atoms with Crippen LogP contribution in [0.1, 0.15) is 52.0 Å². The molecule has 0 spiro atoms. The highest BCUT2D eigenvalue weighted by atomic mass is 79.9. The topological polar surface area (TPSA) is 12.0 Å². The lowest BCUT2D eigenvalue weighted by Gasteiger charge is -2.29. The van der Waals surface area contributed by atoms with E-state index in [4.69, 9.17) is 0 Å². The van der Waals surface area contributed by atoms with Crippen LogP contribution in [0.15, 0.2) is 28.7 Å². The van der Waals surface area contributed by atoms with Crippen molar-refractivity contribution in [3.8, 4) is 0 Å². The summed E-state index contributed by atoms with van der Waals surface area (Å²) in [6.07, 6.45) is 6.87. The first-order valence-electron chi connectivity index (χ1n) is 7.94. The van der Waals surface area contributed by atoms with Crippen molar-refractivity contribution in [2.45, 2.75) is 58.4 Å². The fraction of sp³-hybridized carbons (Fsp3) is 0.667. The van der Waals surface area contributed by atoms with E-state index >= 15 is 0 Å². The molecule has 2 heteroatoms. The van der Waals surface area contributed by atoms with Crippen molar-refractivity contribution in [1.29, 1.82) is 0 Å². The first-order valence-corrected chi connectivity index (χ1v) is 8.73. The Morgan fingerprint density at radius 3 is 2.45 bits per heavy atom. The van der Waals surface area contributed by atoms with Crippen LogP contribution in [-0.4, -0.2) is 12.1 Å². The quantitative estimate of drug-likeness (QED) is 0.779. The summed E-state index contributed by atoms with van der Waals surface area (Å²) >= 11 is 3.70. The van der Waals surface area contributed by atoms with Gasteiger partial charge >= 0.3 is 0 Å². The number of hydrogen-bond acceptors (Lipinski definition) is 1. The molecule has 0 heterocycles. The zero-order valence-electron chi connectivity index (χ0n) is 13.1. The summed E-state index contributed by atoms with van der Waals surface area (Å²) in [6.45, 7) is 7.92. The van der Waals surface area contributed by atoms with E-state index < -0.39 is 0 Å². The number of halogens is 1. The molecule has 0 bridgehead atoms. The Labute approximate surface area is 132 Å². The van der Waals surface area contributed by atoms with Crippen LogP contribution in [0, 0.1) is 11.8 Å². The third kappa shape index (κ3) is 4.89. The molecule has 0 radical (unpaired) electrons. The minimum atomic E-state index is 0.213. The predicted molar refractivity (Wildman–Crippen MR) is 91.0 cm³/mol. The van der Waals surface area contributed by atoms with Gasteiger partial charge in [-0.15, -0.1) is 0 Å². The van der Waals surface area contributed by atoms with Crippen molar-refractivity contribution >= 4 is 15.9 Å². The maximum Gasteiger partial charge on any atom is 0.0207 e. The standard InChI is InChI=1S/C18H28BrN/c1-18(2,3)20-13-16(14-8-4-5-9-14)12-15-10-6-7-11-17(15)19/h6-7,10-11,14,16,20H,4-5,8-9,12-13H2,1-3H3. The van der Waals surface area contributed by atoms with E-state index in [9.17, 15) is 0 Å². The van der Waals surface area contributed by atoms with E-state index in [2.05, 4.69) is 66.3 Å². The van der Waals surface area contributed by atoms with E-state index in [1.165, 1.54) is 42.1 Å². The van der Waals surface area contributed by atoms with Gasteiger partial charge in [0.25, 0.3) is 0 Å². The molecule has 1 aromatic rings. The zero-order valence-corrected chi connectivity index (χ0v) is 14.7. The molecule has 20 heavy (non-hydrogen) atoms. The van der Waals surface area contributed by atoms with Gasteiger partial charge in [-0.1, -0.05) is 59.8 Å². The highest BCUT2D eigenvalue weighted by Gasteiger charge is 2.26. The average molecular weight is 338 g/mol. The third-order valence-electron chi connectivity index (χ3n) is 4.40. The second-order valence-electron chi connectivity index (χ2n) is 7.23. The van der Waals surface area contributed by atoms with Gasteiger partial charge in [-0.2, -0.15) is 0 Å². The molecule has 0 saturated heterocycles. The fourth-order valence-electron chi connectivity index (χ4n) is 3.22. The first-order chi connectivity index (χ1) is 9.46. The second kappa shape index (κ2) is 7.09. The number of rotatable bonds is 5. The van der Waals surface area contributed by atoms with E-state index in [1.54, 1.807) is 0 Å². The van der Waals surface area contributed by atoms with Gasteiger partial charge in [0.1, 0.15) is 0 Å². The smallest absolute Gasteiger partial charge is 0.0207 e. The molecule has 112 valence electrons. The van der Waals surface area contributed by atoms with Gasteiger partial charge in [-0.3, -0.25) is 0 Å². The molecule has 1 aliphatic rings. The lowest BCUT2D eigenvalue weighted by Crippen LogP contribution is -2.41. The van der Waals surface area contributed by atoms with Gasteiger partial charge in [-0.05, 0) is 57.2 Å². The summed E-state index contributed by atoms with van der Waals surface area (Å²) in [5, 5.41) is 3.72. The Balaban J connectivity index is 2.04. The van der Waals surface area contributed by atoms with Gasteiger partial charge in [0, 0.05) is 10.0 Å². The molecular weight excluding hydrogens is 310 g/mol. The molecule has 1 aliphatic carbocycles. The molecule has 1 aromatic carbocycles. The van der Waals surface area contributed by atoms with E-state index in [1.807, 2.05) is 0 Å². The van der Waals surface area contributed by atoms with Crippen LogP contribution in [0.25, 0.3) is 0 Å². The maximum absolute atomic E-state index is 3.72. The molecule has 1 fully saturated rings. The summed E-state index contributed by atoms with van der Waals surface area (Å²) in [6, 6.07) is 8.69. The second-order valence-corrected chi connectivity index (χ2v) is 8.09. The SMILES string of the molecule is CC(C)(C)NCC(Cc1ccccc1Br)C1CCCC1. The van der Waals surface area contributed by atoms with Gasteiger partial charge in [0.05, 0.1) is 0 Å². The Morgan fingerprint density at radius 2 is 1.85 bits per heavy atom. The van der Waals surface area contributed by atoms with Crippen LogP contribution in [-0.2, 0) is 6.42 Å². The van der Waals surface area contributed by atoms with Crippen molar-refractivity contribution in [2.75, 3.05) is 6.54 Å². The largest absolute Gasteiger partial charge is 0.312 e. The van der Waals surface area contributed by atoms with Gasteiger partial charge < -0.3 is 5.32 Å². The summed E-state index contributed by atoms with van der Waals surface area (Å²) < 4.78 is 1.26. The molecule has 0 aliphatic heterocycles. The van der Waals surface area contributed by atoms with Crippen molar-refractivity contribution in [2.24, 2.45) is 11.8 Å². The zero-order chi connectivity index (χ0) is 14.6. The van der Waals surface area contributed by atoms with E-state index in [0.29, 0.717) is 0 Å². The van der Waals surface area contributed by atoms with Crippen LogP contribution < -0.4 is 5.32 Å². The fourth-order valence-corrected chi connectivity index (χ4v) is 3.66. The Bertz CT molecular complexity index is 416. The lowest BCUT2D eigenvalue weighted by molar-refractivity contribution is 0.286. The molecule has 0 aromatic heterocycles. The average Bonchev–Trinajstić information content (AvgIpc) is 2.89. The van der Waals surface area contributed by atoms with Gasteiger partial charge in [-0.25, -0.2) is 0 Å². The monoisotopic (exact) mass is 337 g/mol. The molecule has 2 rings (SSSR count). The van der Waals surface area contributed by atoms with Crippen LogP contribution in [0.5, 0.6) is 0 Å². The van der Waals surface area contributed by atoms with E-state index in [-0.39, 0.29) is 5.54 Å². The Morgan fingerprint density at radius 1 is 1.20 bits per heavy atom. The lowest BCUT2D eigenvalue weighted by atomic mass is 9.85. The van der Waals surface area contributed by atoms with Crippen LogP contribution in [0.3, 0.4) is 0 Å². The van der Waals surface area contributed by atoms with Gasteiger partial charge in [0.15, 0.2) is 0 Å². The minimum absolute atomic E-state index is 0.213. The molecule has 0 amide bonds. The molecule has 1 unspecified atom stereocenters. The van der Waals surface area contributed by atoms with Crippen molar-refractivity contribution < 1.29 is 0 Å². The number of nitrogens with one attached hydrogen (secondary N) is 1. The summed E-state index contributed by atoms with van der Waals surface area (Å²) in [5.41, 5.74) is 1.67. The van der Waals surface area contributed by atoms with Crippen LogP contribution in [0.4, 0.5) is 0 Å².